The second-order valence-electron chi connectivity index (χ2n) is 3.48. The molecule has 1 atom stereocenters. The van der Waals surface area contributed by atoms with E-state index >= 15 is 0 Å². The molecule has 0 aliphatic heterocycles. The minimum atomic E-state index is 0.229. The van der Waals surface area contributed by atoms with Crippen LogP contribution in [-0.2, 0) is 0 Å². The van der Waals surface area contributed by atoms with Crippen LogP contribution in [0.3, 0.4) is 0 Å². The Hall–Kier alpha value is 0.170. The van der Waals surface area contributed by atoms with E-state index in [1.54, 1.807) is 11.3 Å². The van der Waals surface area contributed by atoms with Crippen molar-refractivity contribution in [1.29, 1.82) is 0 Å². The second-order valence-corrected chi connectivity index (χ2v) is 7.46. The molecule has 0 nitrogen and oxygen atoms in total. The molecule has 0 saturated carbocycles. The van der Waals surface area contributed by atoms with Crippen molar-refractivity contribution in [2.45, 2.75) is 11.8 Å². The van der Waals surface area contributed by atoms with Gasteiger partial charge in [0.1, 0.15) is 0 Å². The number of benzene rings is 1. The van der Waals surface area contributed by atoms with Crippen LogP contribution in [0.15, 0.2) is 34.1 Å². The summed E-state index contributed by atoms with van der Waals surface area (Å²) in [5, 5.41) is 0.770. The molecule has 1 heterocycles. The molecule has 1 aromatic heterocycles. The van der Waals surface area contributed by atoms with Crippen LogP contribution < -0.4 is 0 Å². The summed E-state index contributed by atoms with van der Waals surface area (Å²) >= 11 is 14.9. The number of halogens is 3. The van der Waals surface area contributed by atoms with Crippen LogP contribution in [0.2, 0.25) is 5.02 Å². The first-order valence-electron chi connectivity index (χ1n) is 4.73. The first kappa shape index (κ1) is 12.6. The molecule has 0 saturated heterocycles. The average molecular weight is 381 g/mol. The Balaban J connectivity index is 2.35. The minimum absolute atomic E-state index is 0.229. The lowest BCUT2D eigenvalue weighted by Gasteiger charge is -2.09. The maximum atomic E-state index is 5.88. The van der Waals surface area contributed by atoms with Gasteiger partial charge in [-0.05, 0) is 52.2 Å². The third kappa shape index (κ3) is 2.70. The number of hydrogen-bond acceptors (Lipinski definition) is 1. The van der Waals surface area contributed by atoms with Gasteiger partial charge < -0.3 is 0 Å². The largest absolute Gasteiger partial charge is 0.133 e. The Bertz CT molecular complexity index is 490. The Labute approximate surface area is 121 Å². The Morgan fingerprint density at radius 3 is 2.38 bits per heavy atom. The van der Waals surface area contributed by atoms with Crippen LogP contribution in [0.25, 0.3) is 0 Å². The van der Waals surface area contributed by atoms with Gasteiger partial charge in [0, 0.05) is 9.90 Å². The lowest BCUT2D eigenvalue weighted by atomic mass is 10.1. The summed E-state index contributed by atoms with van der Waals surface area (Å²) in [6.45, 7) is 2.13. The average Bonchev–Trinajstić information content (AvgIpc) is 2.58. The summed E-state index contributed by atoms with van der Waals surface area (Å²) in [5.74, 6) is 0. The maximum absolute atomic E-state index is 5.88. The quantitative estimate of drug-likeness (QED) is 0.564. The highest BCUT2D eigenvalue weighted by Gasteiger charge is 2.15. The number of hydrogen-bond donors (Lipinski definition) is 0. The molecular weight excluding hydrogens is 371 g/mol. The van der Waals surface area contributed by atoms with Gasteiger partial charge in [-0.25, -0.2) is 0 Å². The zero-order valence-corrected chi connectivity index (χ0v) is 13.3. The van der Waals surface area contributed by atoms with E-state index in [9.17, 15) is 0 Å². The molecular formula is C12H9Br2ClS. The molecule has 0 amide bonds. The molecule has 2 rings (SSSR count). The van der Waals surface area contributed by atoms with Crippen molar-refractivity contribution < 1.29 is 0 Å². The van der Waals surface area contributed by atoms with Crippen LogP contribution in [-0.4, -0.2) is 0 Å². The van der Waals surface area contributed by atoms with Crippen LogP contribution >= 0.6 is 54.8 Å². The van der Waals surface area contributed by atoms with Gasteiger partial charge in [0.05, 0.1) is 8.61 Å². The number of thiophene rings is 1. The maximum Gasteiger partial charge on any atom is 0.0704 e. The summed E-state index contributed by atoms with van der Waals surface area (Å²) in [4.78, 5) is 1.55. The van der Waals surface area contributed by atoms with Crippen LogP contribution in [0.4, 0.5) is 0 Å². The lowest BCUT2D eigenvalue weighted by molar-refractivity contribution is 1.17. The van der Waals surface area contributed by atoms with Crippen molar-refractivity contribution in [2.24, 2.45) is 0 Å². The SMILES string of the molecule is Cc1sc(Br)cc1C(Br)c1ccc(Cl)cc1. The van der Waals surface area contributed by atoms with Gasteiger partial charge >= 0.3 is 0 Å². The third-order valence-corrected chi connectivity index (χ3v) is 5.20. The van der Waals surface area contributed by atoms with Gasteiger partial charge in [0.2, 0.25) is 0 Å². The highest BCUT2D eigenvalue weighted by molar-refractivity contribution is 9.11. The van der Waals surface area contributed by atoms with Crippen LogP contribution in [0.1, 0.15) is 20.8 Å². The van der Waals surface area contributed by atoms with Crippen molar-refractivity contribution in [3.8, 4) is 0 Å². The van der Waals surface area contributed by atoms with Crippen molar-refractivity contribution in [3.63, 3.8) is 0 Å². The first-order valence-corrected chi connectivity index (χ1v) is 7.63. The highest BCUT2D eigenvalue weighted by Crippen LogP contribution is 2.38. The summed E-state index contributed by atoms with van der Waals surface area (Å²) in [7, 11) is 0. The minimum Gasteiger partial charge on any atom is -0.133 e. The fourth-order valence-electron chi connectivity index (χ4n) is 1.52. The third-order valence-electron chi connectivity index (χ3n) is 2.36. The van der Waals surface area contributed by atoms with Crippen molar-refractivity contribution in [2.75, 3.05) is 0 Å². The van der Waals surface area contributed by atoms with Gasteiger partial charge in [-0.2, -0.15) is 0 Å². The van der Waals surface area contributed by atoms with E-state index in [0.717, 1.165) is 5.02 Å². The van der Waals surface area contributed by atoms with Gasteiger partial charge in [-0.1, -0.05) is 39.7 Å². The monoisotopic (exact) mass is 378 g/mol. The molecule has 16 heavy (non-hydrogen) atoms. The van der Waals surface area contributed by atoms with Gasteiger partial charge in [-0.15, -0.1) is 11.3 Å². The van der Waals surface area contributed by atoms with Crippen LogP contribution in [0.5, 0.6) is 0 Å². The fourth-order valence-corrected chi connectivity index (χ4v) is 4.33. The summed E-state index contributed by atoms with van der Waals surface area (Å²) in [5.41, 5.74) is 2.52. The van der Waals surface area contributed by atoms with E-state index in [2.05, 4.69) is 44.8 Å². The molecule has 0 aliphatic rings. The predicted molar refractivity (Wildman–Crippen MR) is 79.0 cm³/mol. The van der Waals surface area contributed by atoms with E-state index in [-0.39, 0.29) is 4.83 Å². The first-order chi connectivity index (χ1) is 7.58. The van der Waals surface area contributed by atoms with Gasteiger partial charge in [0.15, 0.2) is 0 Å². The molecule has 1 unspecified atom stereocenters. The van der Waals surface area contributed by atoms with E-state index in [1.165, 1.54) is 19.8 Å². The molecule has 0 aliphatic carbocycles. The number of alkyl halides is 1. The number of rotatable bonds is 2. The summed E-state index contributed by atoms with van der Waals surface area (Å²) < 4.78 is 1.17. The fraction of sp³-hybridized carbons (Fsp3) is 0.167. The lowest BCUT2D eigenvalue weighted by Crippen LogP contribution is -1.91. The molecule has 0 spiro atoms. The standard InChI is InChI=1S/C12H9Br2ClS/c1-7-10(6-11(13)16-7)12(14)8-2-4-9(15)5-3-8/h2-6,12H,1H3. The second kappa shape index (κ2) is 5.21. The van der Waals surface area contributed by atoms with E-state index in [0.29, 0.717) is 0 Å². The van der Waals surface area contributed by atoms with Crippen molar-refractivity contribution in [1.82, 2.24) is 0 Å². The molecule has 0 bridgehead atoms. The van der Waals surface area contributed by atoms with E-state index in [1.807, 2.05) is 24.3 Å². The Morgan fingerprint density at radius 1 is 1.25 bits per heavy atom. The van der Waals surface area contributed by atoms with Gasteiger partial charge in [0.25, 0.3) is 0 Å². The van der Waals surface area contributed by atoms with E-state index in [4.69, 9.17) is 11.6 Å². The van der Waals surface area contributed by atoms with Crippen molar-refractivity contribution in [3.05, 3.63) is 55.1 Å². The molecule has 1 aromatic carbocycles. The zero-order chi connectivity index (χ0) is 11.7. The highest BCUT2D eigenvalue weighted by atomic mass is 79.9. The van der Waals surface area contributed by atoms with Crippen molar-refractivity contribution >= 4 is 54.8 Å². The van der Waals surface area contributed by atoms with Crippen LogP contribution in [0, 0.1) is 6.92 Å². The molecule has 0 fully saturated rings. The topological polar surface area (TPSA) is 0 Å². The Kier molecular flexibility index (Phi) is 4.11. The molecule has 4 heteroatoms. The smallest absolute Gasteiger partial charge is 0.0704 e. The normalized spacial score (nSPS) is 12.8. The zero-order valence-electron chi connectivity index (χ0n) is 8.51. The van der Waals surface area contributed by atoms with E-state index < -0.39 is 0 Å². The molecule has 2 aromatic rings. The van der Waals surface area contributed by atoms with Gasteiger partial charge in [-0.3, -0.25) is 0 Å². The number of aryl methyl sites for hydroxylation is 1. The molecule has 0 radical (unpaired) electrons. The Morgan fingerprint density at radius 2 is 1.88 bits per heavy atom. The molecule has 84 valence electrons. The predicted octanol–water partition coefficient (Wildman–Crippen LogP) is 5.96. The molecule has 0 N–H and O–H groups in total. The summed E-state index contributed by atoms with van der Waals surface area (Å²) in [6, 6.07) is 10.1. The summed E-state index contributed by atoms with van der Waals surface area (Å²) in [6.07, 6.45) is 0.